The molecule has 3 rings (SSSR count). The van der Waals surface area contributed by atoms with Crippen molar-refractivity contribution in [3.05, 3.63) is 47.9 Å². The molecule has 1 unspecified atom stereocenters. The first-order chi connectivity index (χ1) is 12.7. The molecular weight excluding hydrogens is 324 g/mol. The second-order valence-corrected chi connectivity index (χ2v) is 6.87. The Labute approximate surface area is 155 Å². The Hall–Kier alpha value is -2.65. The highest BCUT2D eigenvalue weighted by atomic mass is 15.3. The molecule has 0 amide bonds. The van der Waals surface area contributed by atoms with E-state index in [1.807, 2.05) is 0 Å². The number of rotatable bonds is 6. The minimum absolute atomic E-state index is 0.244. The second kappa shape index (κ2) is 8.63. The fourth-order valence-corrected chi connectivity index (χ4v) is 3.26. The summed E-state index contributed by atoms with van der Waals surface area (Å²) in [7, 11) is 0. The molecule has 0 bridgehead atoms. The molecule has 1 aromatic carbocycles. The van der Waals surface area contributed by atoms with E-state index in [1.165, 1.54) is 11.3 Å². The van der Waals surface area contributed by atoms with Crippen LogP contribution in [0.2, 0.25) is 0 Å². The third-order valence-electron chi connectivity index (χ3n) is 4.80. The van der Waals surface area contributed by atoms with Crippen molar-refractivity contribution in [1.29, 1.82) is 5.26 Å². The van der Waals surface area contributed by atoms with Gasteiger partial charge in [-0.05, 0) is 38.0 Å². The van der Waals surface area contributed by atoms with E-state index in [0.29, 0.717) is 11.5 Å². The van der Waals surface area contributed by atoms with Gasteiger partial charge in [0.2, 0.25) is 0 Å². The Balaban J connectivity index is 1.44. The molecule has 1 aromatic heterocycles. The van der Waals surface area contributed by atoms with Crippen LogP contribution in [0.5, 0.6) is 0 Å². The van der Waals surface area contributed by atoms with Crippen LogP contribution in [0.3, 0.4) is 0 Å². The summed E-state index contributed by atoms with van der Waals surface area (Å²) in [5.74, 6) is 0.576. The monoisotopic (exact) mass is 350 g/mol. The number of nitrogens with zero attached hydrogens (tertiary/aromatic N) is 5. The molecule has 2 aromatic rings. The van der Waals surface area contributed by atoms with E-state index < -0.39 is 0 Å². The largest absolute Gasteiger partial charge is 0.369 e. The molecule has 1 atom stereocenters. The average Bonchev–Trinajstić information content (AvgIpc) is 2.67. The number of hydrogen-bond acceptors (Lipinski definition) is 6. The van der Waals surface area contributed by atoms with Gasteiger partial charge in [0.15, 0.2) is 11.5 Å². The van der Waals surface area contributed by atoms with Crippen LogP contribution in [-0.4, -0.2) is 53.6 Å². The van der Waals surface area contributed by atoms with Crippen LogP contribution in [0.4, 0.5) is 11.5 Å². The highest BCUT2D eigenvalue weighted by molar-refractivity contribution is 5.49. The predicted molar refractivity (Wildman–Crippen MR) is 104 cm³/mol. The highest BCUT2D eigenvalue weighted by Crippen LogP contribution is 2.18. The van der Waals surface area contributed by atoms with E-state index in [-0.39, 0.29) is 6.04 Å². The van der Waals surface area contributed by atoms with Crippen LogP contribution >= 0.6 is 0 Å². The zero-order valence-electron chi connectivity index (χ0n) is 15.5. The summed E-state index contributed by atoms with van der Waals surface area (Å²) in [4.78, 5) is 13.2. The number of aromatic nitrogens is 2. The van der Waals surface area contributed by atoms with Crippen LogP contribution < -0.4 is 10.2 Å². The molecule has 0 saturated carbocycles. The lowest BCUT2D eigenvalue weighted by Gasteiger charge is -2.36. The minimum Gasteiger partial charge on any atom is -0.369 e. The molecule has 0 aliphatic carbocycles. The van der Waals surface area contributed by atoms with Gasteiger partial charge in [-0.1, -0.05) is 12.1 Å². The van der Waals surface area contributed by atoms with Crippen molar-refractivity contribution in [1.82, 2.24) is 14.9 Å². The summed E-state index contributed by atoms with van der Waals surface area (Å²) >= 11 is 0. The molecule has 1 aliphatic heterocycles. The van der Waals surface area contributed by atoms with Crippen molar-refractivity contribution in [3.8, 4) is 6.07 Å². The van der Waals surface area contributed by atoms with Crippen molar-refractivity contribution >= 4 is 11.5 Å². The summed E-state index contributed by atoms with van der Waals surface area (Å²) in [5, 5.41) is 12.4. The third-order valence-corrected chi connectivity index (χ3v) is 4.80. The summed E-state index contributed by atoms with van der Waals surface area (Å²) in [6, 6.07) is 11.1. The first-order valence-corrected chi connectivity index (χ1v) is 9.17. The summed E-state index contributed by atoms with van der Waals surface area (Å²) in [6.45, 7) is 9.59. The Bertz CT molecular complexity index is 761. The number of nitriles is 1. The van der Waals surface area contributed by atoms with Gasteiger partial charge in [-0.25, -0.2) is 9.97 Å². The van der Waals surface area contributed by atoms with Gasteiger partial charge in [-0.2, -0.15) is 5.26 Å². The summed E-state index contributed by atoms with van der Waals surface area (Å²) in [5.41, 5.74) is 2.99. The molecule has 2 heterocycles. The highest BCUT2D eigenvalue weighted by Gasteiger charge is 2.18. The van der Waals surface area contributed by atoms with Crippen molar-refractivity contribution in [2.45, 2.75) is 26.3 Å². The van der Waals surface area contributed by atoms with Gasteiger partial charge in [0.25, 0.3) is 0 Å². The Morgan fingerprint density at radius 1 is 1.19 bits per heavy atom. The molecule has 1 saturated heterocycles. The van der Waals surface area contributed by atoms with E-state index in [1.54, 1.807) is 12.4 Å². The smallest absolute Gasteiger partial charge is 0.182 e. The molecule has 1 aliphatic rings. The maximum Gasteiger partial charge on any atom is 0.182 e. The molecule has 1 fully saturated rings. The third kappa shape index (κ3) is 4.70. The van der Waals surface area contributed by atoms with E-state index in [2.05, 4.69) is 69.3 Å². The van der Waals surface area contributed by atoms with E-state index >= 15 is 0 Å². The molecule has 0 radical (unpaired) electrons. The molecule has 1 N–H and O–H groups in total. The van der Waals surface area contributed by atoms with Crippen LogP contribution in [0.15, 0.2) is 36.7 Å². The minimum atomic E-state index is 0.244. The molecule has 6 heteroatoms. The maximum atomic E-state index is 9.10. The van der Waals surface area contributed by atoms with Crippen LogP contribution in [0, 0.1) is 18.3 Å². The van der Waals surface area contributed by atoms with Gasteiger partial charge < -0.3 is 10.2 Å². The number of hydrogen-bond donors (Lipinski definition) is 1. The van der Waals surface area contributed by atoms with Gasteiger partial charge >= 0.3 is 0 Å². The average molecular weight is 350 g/mol. The lowest BCUT2D eigenvalue weighted by molar-refractivity contribution is 0.251. The molecule has 6 nitrogen and oxygen atoms in total. The standard InChI is InChI=1S/C20H26N6/c1-16-4-3-5-18(14-16)26-12-10-25(11-13-26)9-6-17(2)24-20-19(15-21)22-7-8-23-20/h3-5,7-8,14,17H,6,9-13H2,1-2H3,(H,23,24). The van der Waals surface area contributed by atoms with Crippen molar-refractivity contribution in [3.63, 3.8) is 0 Å². The molecule has 136 valence electrons. The topological polar surface area (TPSA) is 68.1 Å². The Morgan fingerprint density at radius 2 is 1.96 bits per heavy atom. The first-order valence-electron chi connectivity index (χ1n) is 9.17. The van der Waals surface area contributed by atoms with Gasteiger partial charge in [0.05, 0.1) is 0 Å². The van der Waals surface area contributed by atoms with Gasteiger partial charge in [-0.15, -0.1) is 0 Å². The van der Waals surface area contributed by atoms with Crippen molar-refractivity contribution in [2.24, 2.45) is 0 Å². The van der Waals surface area contributed by atoms with Crippen molar-refractivity contribution in [2.75, 3.05) is 42.9 Å². The van der Waals surface area contributed by atoms with Gasteiger partial charge in [0, 0.05) is 56.8 Å². The molecular formula is C20H26N6. The number of piperazine rings is 1. The lowest BCUT2D eigenvalue weighted by atomic mass is 10.1. The van der Waals surface area contributed by atoms with Crippen molar-refractivity contribution < 1.29 is 0 Å². The summed E-state index contributed by atoms with van der Waals surface area (Å²) < 4.78 is 0. The predicted octanol–water partition coefficient (Wildman–Crippen LogP) is 2.67. The number of nitrogens with one attached hydrogen (secondary N) is 1. The first kappa shape index (κ1) is 18.2. The Morgan fingerprint density at radius 3 is 2.69 bits per heavy atom. The second-order valence-electron chi connectivity index (χ2n) is 6.87. The quantitative estimate of drug-likeness (QED) is 0.864. The SMILES string of the molecule is Cc1cccc(N2CCN(CCC(C)Nc3nccnc3C#N)CC2)c1. The van der Waals surface area contributed by atoms with Gasteiger partial charge in [-0.3, -0.25) is 4.90 Å². The molecule has 26 heavy (non-hydrogen) atoms. The summed E-state index contributed by atoms with van der Waals surface area (Å²) in [6.07, 6.45) is 4.16. The zero-order valence-corrected chi connectivity index (χ0v) is 15.5. The van der Waals surface area contributed by atoms with E-state index in [4.69, 9.17) is 5.26 Å². The van der Waals surface area contributed by atoms with Crippen LogP contribution in [-0.2, 0) is 0 Å². The normalized spacial score (nSPS) is 16.1. The number of anilines is 2. The van der Waals surface area contributed by atoms with Crippen LogP contribution in [0.1, 0.15) is 24.6 Å². The number of aryl methyl sites for hydroxylation is 1. The van der Waals surface area contributed by atoms with Crippen LogP contribution in [0.25, 0.3) is 0 Å². The fourth-order valence-electron chi connectivity index (χ4n) is 3.26. The fraction of sp³-hybridized carbons (Fsp3) is 0.450. The molecule has 0 spiro atoms. The van der Waals surface area contributed by atoms with E-state index in [9.17, 15) is 0 Å². The lowest BCUT2D eigenvalue weighted by Crippen LogP contribution is -2.47. The maximum absolute atomic E-state index is 9.10. The number of benzene rings is 1. The van der Waals surface area contributed by atoms with E-state index in [0.717, 1.165) is 39.1 Å². The zero-order chi connectivity index (χ0) is 18.4. The van der Waals surface area contributed by atoms with Gasteiger partial charge in [0.1, 0.15) is 6.07 Å². The Kier molecular flexibility index (Phi) is 6.03.